The lowest BCUT2D eigenvalue weighted by Crippen LogP contribution is -2.30. The molecule has 6 nitrogen and oxygen atoms in total. The Hall–Kier alpha value is -3.93. The number of carbonyl (C=O) groups excluding carboxylic acids is 3. The van der Waals surface area contributed by atoms with Crippen LogP contribution in [-0.4, -0.2) is 37.2 Å². The van der Waals surface area contributed by atoms with Crippen molar-refractivity contribution in [2.24, 2.45) is 0 Å². The molecule has 1 unspecified atom stereocenters. The molecule has 0 N–H and O–H groups in total. The quantitative estimate of drug-likeness (QED) is 0.0261. The first kappa shape index (κ1) is 75.1. The van der Waals surface area contributed by atoms with Gasteiger partial charge in [-0.05, 0) is 103 Å². The van der Waals surface area contributed by atoms with Crippen LogP contribution < -0.4 is 0 Å². The first-order valence-electron chi connectivity index (χ1n) is 33.4. The van der Waals surface area contributed by atoms with Crippen LogP contribution in [0.15, 0.2) is 109 Å². The van der Waals surface area contributed by atoms with E-state index in [1.807, 2.05) is 0 Å². The second kappa shape index (κ2) is 66.6. The summed E-state index contributed by atoms with van der Waals surface area (Å²) in [7, 11) is 0. The zero-order chi connectivity index (χ0) is 57.1. The van der Waals surface area contributed by atoms with E-state index >= 15 is 0 Å². The van der Waals surface area contributed by atoms with E-state index in [1.54, 1.807) is 0 Å². The number of rotatable bonds is 60. The van der Waals surface area contributed by atoms with Crippen LogP contribution in [0.2, 0.25) is 0 Å². The second-order valence-corrected chi connectivity index (χ2v) is 22.0. The molecule has 1 atom stereocenters. The van der Waals surface area contributed by atoms with E-state index in [0.717, 1.165) is 122 Å². The smallest absolute Gasteiger partial charge is 0.306 e. The molecular weight excluding hydrogens is 973 g/mol. The van der Waals surface area contributed by atoms with Gasteiger partial charge in [-0.1, -0.05) is 304 Å². The van der Waals surface area contributed by atoms with Crippen LogP contribution in [0.4, 0.5) is 0 Å². The molecule has 0 aromatic carbocycles. The minimum absolute atomic E-state index is 0.0770. The summed E-state index contributed by atoms with van der Waals surface area (Å²) in [5.74, 6) is -0.885. The maximum absolute atomic E-state index is 12.8. The predicted octanol–water partition coefficient (Wildman–Crippen LogP) is 23.0. The maximum atomic E-state index is 12.8. The number of ether oxygens (including phenoxy) is 3. The molecule has 0 fully saturated rings. The number of esters is 3. The van der Waals surface area contributed by atoms with Crippen LogP contribution >= 0.6 is 0 Å². The molecule has 0 amide bonds. The van der Waals surface area contributed by atoms with Gasteiger partial charge in [0.05, 0.1) is 0 Å². The van der Waals surface area contributed by atoms with Crippen molar-refractivity contribution in [3.05, 3.63) is 109 Å². The molecule has 0 aliphatic carbocycles. The molecule has 0 radical (unpaired) electrons. The molecule has 6 heteroatoms. The van der Waals surface area contributed by atoms with Crippen LogP contribution in [0.1, 0.15) is 316 Å². The van der Waals surface area contributed by atoms with Crippen molar-refractivity contribution in [3.8, 4) is 0 Å². The van der Waals surface area contributed by atoms with Gasteiger partial charge >= 0.3 is 17.9 Å². The molecule has 0 aliphatic heterocycles. The molecule has 0 aromatic rings. The Morgan fingerprint density at radius 3 is 0.772 bits per heavy atom. The Morgan fingerprint density at radius 1 is 0.266 bits per heavy atom. The fourth-order valence-corrected chi connectivity index (χ4v) is 9.35. The summed E-state index contributed by atoms with van der Waals surface area (Å²) in [4.78, 5) is 38.0. The average molecular weight is 1100 g/mol. The van der Waals surface area contributed by atoms with Crippen molar-refractivity contribution >= 4 is 17.9 Å². The van der Waals surface area contributed by atoms with Gasteiger partial charge in [0, 0.05) is 19.3 Å². The molecule has 0 rings (SSSR count). The minimum Gasteiger partial charge on any atom is -0.462 e. The first-order chi connectivity index (χ1) is 39.0. The summed E-state index contributed by atoms with van der Waals surface area (Å²) in [6, 6.07) is 0. The number of allylic oxidation sites excluding steroid dienone is 18. The van der Waals surface area contributed by atoms with Crippen LogP contribution in [0.3, 0.4) is 0 Å². The zero-order valence-corrected chi connectivity index (χ0v) is 51.9. The summed E-state index contributed by atoms with van der Waals surface area (Å²) in [5.41, 5.74) is 0. The van der Waals surface area contributed by atoms with Crippen molar-refractivity contribution in [3.63, 3.8) is 0 Å². The SMILES string of the molecule is CC/C=C\C/C=C\C/C=C\C/C=C\C/C=C\CCCCCCCCCCCCCC(=O)OC(COC(=O)CCCCCCC)COC(=O)CCCCCCCCCCCCCCCCCC/C=C\C/C=C\C/C=C\C/C=C\CC. The fourth-order valence-electron chi connectivity index (χ4n) is 9.35. The average Bonchev–Trinajstić information content (AvgIpc) is 3.45. The Labute approximate surface area is 489 Å². The van der Waals surface area contributed by atoms with Crippen LogP contribution in [-0.2, 0) is 28.6 Å². The molecule has 0 aliphatic rings. The number of carbonyl (C=O) groups is 3. The van der Waals surface area contributed by atoms with Gasteiger partial charge in [0.1, 0.15) is 13.2 Å². The third kappa shape index (κ3) is 64.8. The number of hydrogen-bond donors (Lipinski definition) is 0. The third-order valence-corrected chi connectivity index (χ3v) is 14.3. The van der Waals surface area contributed by atoms with Crippen LogP contribution in [0.5, 0.6) is 0 Å². The Morgan fingerprint density at radius 2 is 0.494 bits per heavy atom. The number of hydrogen-bond acceptors (Lipinski definition) is 6. The largest absolute Gasteiger partial charge is 0.462 e. The monoisotopic (exact) mass is 1100 g/mol. The molecule has 0 spiro atoms. The summed E-state index contributed by atoms with van der Waals surface area (Å²) in [5, 5.41) is 0. The highest BCUT2D eigenvalue weighted by atomic mass is 16.6. The third-order valence-electron chi connectivity index (χ3n) is 14.3. The summed E-state index contributed by atoms with van der Waals surface area (Å²) in [6.07, 6.45) is 91.6. The maximum Gasteiger partial charge on any atom is 0.306 e. The summed E-state index contributed by atoms with van der Waals surface area (Å²) >= 11 is 0. The van der Waals surface area contributed by atoms with Crippen molar-refractivity contribution < 1.29 is 28.6 Å². The standard InChI is InChI=1S/C73H124O6/c1-4-7-10-13-15-17-19-21-23-25-27-29-31-33-35-36-38-39-41-43-45-47-49-51-53-55-57-60-63-66-72(75)78-69-70(68-77-71(74)65-62-59-12-9-6-3)79-73(76)67-64-61-58-56-54-52-50-48-46-44-42-40-37-34-32-30-28-26-24-22-20-18-16-14-11-8-5-2/h7-8,10-11,15-18,21-24,27-30,34,37,70H,4-6,9,12-14,19-20,25-26,31-33,35-36,38-69H2,1-3H3/b10-7-,11-8-,17-15-,18-16-,23-21-,24-22-,29-27-,30-28-,37-34-. The van der Waals surface area contributed by atoms with E-state index in [9.17, 15) is 14.4 Å². The predicted molar refractivity (Wildman–Crippen MR) is 343 cm³/mol. The van der Waals surface area contributed by atoms with E-state index in [2.05, 4.69) is 130 Å². The molecular formula is C73H124O6. The van der Waals surface area contributed by atoms with Gasteiger partial charge < -0.3 is 14.2 Å². The van der Waals surface area contributed by atoms with Crippen LogP contribution in [0.25, 0.3) is 0 Å². The van der Waals surface area contributed by atoms with Crippen molar-refractivity contribution in [1.29, 1.82) is 0 Å². The van der Waals surface area contributed by atoms with E-state index in [-0.39, 0.29) is 31.1 Å². The van der Waals surface area contributed by atoms with Gasteiger partial charge in [-0.25, -0.2) is 0 Å². The van der Waals surface area contributed by atoms with Gasteiger partial charge in [-0.15, -0.1) is 0 Å². The highest BCUT2D eigenvalue weighted by Crippen LogP contribution is 2.17. The van der Waals surface area contributed by atoms with E-state index in [0.29, 0.717) is 19.3 Å². The topological polar surface area (TPSA) is 78.9 Å². The zero-order valence-electron chi connectivity index (χ0n) is 51.9. The van der Waals surface area contributed by atoms with E-state index < -0.39 is 6.10 Å². The fraction of sp³-hybridized carbons (Fsp3) is 0.712. The lowest BCUT2D eigenvalue weighted by atomic mass is 10.0. The highest BCUT2D eigenvalue weighted by Gasteiger charge is 2.19. The lowest BCUT2D eigenvalue weighted by Gasteiger charge is -2.18. The molecule has 0 saturated carbocycles. The Balaban J connectivity index is 4.01. The number of unbranched alkanes of at least 4 members (excludes halogenated alkanes) is 31. The summed E-state index contributed by atoms with van der Waals surface area (Å²) < 4.78 is 16.8. The van der Waals surface area contributed by atoms with Crippen molar-refractivity contribution in [2.75, 3.05) is 13.2 Å². The van der Waals surface area contributed by atoms with Gasteiger partial charge in [0.15, 0.2) is 6.10 Å². The van der Waals surface area contributed by atoms with E-state index in [1.165, 1.54) is 154 Å². The van der Waals surface area contributed by atoms with Crippen molar-refractivity contribution in [1.82, 2.24) is 0 Å². The first-order valence-corrected chi connectivity index (χ1v) is 33.4. The van der Waals surface area contributed by atoms with Crippen molar-refractivity contribution in [2.45, 2.75) is 322 Å². The lowest BCUT2D eigenvalue weighted by molar-refractivity contribution is -0.167. The molecule has 0 saturated heterocycles. The summed E-state index contributed by atoms with van der Waals surface area (Å²) in [6.45, 7) is 6.35. The molecule has 0 aromatic heterocycles. The van der Waals surface area contributed by atoms with Gasteiger partial charge in [-0.2, -0.15) is 0 Å². The van der Waals surface area contributed by atoms with Gasteiger partial charge in [-0.3, -0.25) is 14.4 Å². The molecule has 0 bridgehead atoms. The van der Waals surface area contributed by atoms with E-state index in [4.69, 9.17) is 14.2 Å². The Bertz CT molecular complexity index is 1590. The molecule has 0 heterocycles. The normalized spacial score (nSPS) is 12.8. The highest BCUT2D eigenvalue weighted by molar-refractivity contribution is 5.71. The minimum atomic E-state index is -0.777. The van der Waals surface area contributed by atoms with Gasteiger partial charge in [0.25, 0.3) is 0 Å². The second-order valence-electron chi connectivity index (χ2n) is 22.0. The van der Waals surface area contributed by atoms with Crippen LogP contribution in [0, 0.1) is 0 Å². The van der Waals surface area contributed by atoms with Gasteiger partial charge in [0.2, 0.25) is 0 Å². The Kier molecular flexibility index (Phi) is 63.3. The molecule has 79 heavy (non-hydrogen) atoms. The molecule has 452 valence electrons.